The number of ether oxygens (including phenoxy) is 1. The fourth-order valence-corrected chi connectivity index (χ4v) is 3.15. The highest BCUT2D eigenvalue weighted by Crippen LogP contribution is 2.39. The monoisotopic (exact) mass is 269 g/mol. The number of rotatable bonds is 5. The van der Waals surface area contributed by atoms with Crippen molar-refractivity contribution in [3.63, 3.8) is 0 Å². The first kappa shape index (κ1) is 16.6. The van der Waals surface area contributed by atoms with Gasteiger partial charge in [0.15, 0.2) is 5.78 Å². The number of ketones is 1. The second kappa shape index (κ2) is 5.53. The van der Waals surface area contributed by atoms with E-state index in [0.717, 1.165) is 13.0 Å². The molecule has 3 heteroatoms. The van der Waals surface area contributed by atoms with Crippen LogP contribution in [0.1, 0.15) is 54.9 Å². The van der Waals surface area contributed by atoms with E-state index in [1.165, 1.54) is 0 Å². The Bertz CT molecular complexity index is 334. The summed E-state index contributed by atoms with van der Waals surface area (Å²) in [4.78, 5) is 14.8. The predicted octanol–water partition coefficient (Wildman–Crippen LogP) is 3.13. The van der Waals surface area contributed by atoms with Crippen LogP contribution in [-0.2, 0) is 9.53 Å². The quantitative estimate of drug-likeness (QED) is 0.768. The molecular formula is C16H31NO2. The van der Waals surface area contributed by atoms with Crippen molar-refractivity contribution in [2.75, 3.05) is 13.6 Å². The van der Waals surface area contributed by atoms with Crippen LogP contribution in [0.15, 0.2) is 0 Å². The standard InChI is InChI=1S/C16H31NO2/c1-11(2)9-12(3)17(8)10-13-14(18)16(6,7)19-15(13,4)5/h11-13H,9-10H2,1-8H3. The summed E-state index contributed by atoms with van der Waals surface area (Å²) in [7, 11) is 2.11. The molecule has 0 aromatic carbocycles. The Morgan fingerprint density at radius 3 is 2.11 bits per heavy atom. The zero-order valence-corrected chi connectivity index (χ0v) is 13.9. The Morgan fingerprint density at radius 1 is 1.21 bits per heavy atom. The summed E-state index contributed by atoms with van der Waals surface area (Å²) in [5.74, 6) is 0.876. The molecule has 0 amide bonds. The molecule has 1 heterocycles. The third kappa shape index (κ3) is 3.79. The molecule has 0 aliphatic carbocycles. The highest BCUT2D eigenvalue weighted by atomic mass is 16.5. The Kier molecular flexibility index (Phi) is 4.84. The van der Waals surface area contributed by atoms with Crippen LogP contribution in [0.3, 0.4) is 0 Å². The van der Waals surface area contributed by atoms with Crippen molar-refractivity contribution in [3.8, 4) is 0 Å². The first-order valence-corrected chi connectivity index (χ1v) is 7.42. The van der Waals surface area contributed by atoms with Gasteiger partial charge in [0.25, 0.3) is 0 Å². The molecule has 19 heavy (non-hydrogen) atoms. The third-order valence-electron chi connectivity index (χ3n) is 4.30. The summed E-state index contributed by atoms with van der Waals surface area (Å²) in [6.45, 7) is 15.3. The van der Waals surface area contributed by atoms with E-state index in [1.54, 1.807) is 0 Å². The Balaban J connectivity index is 2.73. The highest BCUT2D eigenvalue weighted by Gasteiger charge is 2.53. The van der Waals surface area contributed by atoms with Gasteiger partial charge in [0.05, 0.1) is 11.5 Å². The lowest BCUT2D eigenvalue weighted by atomic mass is 9.85. The minimum Gasteiger partial charge on any atom is -0.361 e. The average molecular weight is 269 g/mol. The maximum Gasteiger partial charge on any atom is 0.171 e. The molecule has 0 spiro atoms. The van der Waals surface area contributed by atoms with Crippen molar-refractivity contribution in [3.05, 3.63) is 0 Å². The van der Waals surface area contributed by atoms with Gasteiger partial charge in [-0.3, -0.25) is 4.79 Å². The molecule has 2 unspecified atom stereocenters. The van der Waals surface area contributed by atoms with Crippen molar-refractivity contribution < 1.29 is 9.53 Å². The zero-order chi connectivity index (χ0) is 15.0. The van der Waals surface area contributed by atoms with Crippen molar-refractivity contribution >= 4 is 5.78 Å². The molecular weight excluding hydrogens is 238 g/mol. The largest absolute Gasteiger partial charge is 0.361 e. The molecule has 1 fully saturated rings. The number of Topliss-reactive ketones (excluding diaryl/α,β-unsaturated/α-hetero) is 1. The van der Waals surface area contributed by atoms with E-state index < -0.39 is 5.60 Å². The van der Waals surface area contributed by atoms with E-state index in [9.17, 15) is 4.79 Å². The molecule has 3 nitrogen and oxygen atoms in total. The number of carbonyl (C=O) groups excluding carboxylic acids is 1. The second-order valence-electron chi connectivity index (χ2n) is 7.55. The van der Waals surface area contributed by atoms with Gasteiger partial charge in [-0.1, -0.05) is 13.8 Å². The second-order valence-corrected chi connectivity index (χ2v) is 7.55. The van der Waals surface area contributed by atoms with Gasteiger partial charge in [-0.2, -0.15) is 0 Å². The van der Waals surface area contributed by atoms with E-state index in [2.05, 4.69) is 32.7 Å². The maximum absolute atomic E-state index is 12.5. The third-order valence-corrected chi connectivity index (χ3v) is 4.30. The van der Waals surface area contributed by atoms with E-state index in [-0.39, 0.29) is 17.3 Å². The summed E-state index contributed by atoms with van der Waals surface area (Å²) in [5, 5.41) is 0. The van der Waals surface area contributed by atoms with Crippen LogP contribution in [0.4, 0.5) is 0 Å². The molecule has 1 saturated heterocycles. The molecule has 0 N–H and O–H groups in total. The number of carbonyl (C=O) groups is 1. The van der Waals surface area contributed by atoms with Gasteiger partial charge in [-0.25, -0.2) is 0 Å². The molecule has 1 aliphatic heterocycles. The van der Waals surface area contributed by atoms with E-state index in [1.807, 2.05) is 27.7 Å². The van der Waals surface area contributed by atoms with Gasteiger partial charge in [0.1, 0.15) is 5.60 Å². The van der Waals surface area contributed by atoms with E-state index in [0.29, 0.717) is 12.0 Å². The topological polar surface area (TPSA) is 29.5 Å². The van der Waals surface area contributed by atoms with Gasteiger partial charge in [0, 0.05) is 12.6 Å². The van der Waals surface area contributed by atoms with Crippen molar-refractivity contribution in [2.45, 2.75) is 72.1 Å². The maximum atomic E-state index is 12.5. The summed E-state index contributed by atoms with van der Waals surface area (Å²) < 4.78 is 5.95. The average Bonchev–Trinajstić information content (AvgIpc) is 2.35. The minimum atomic E-state index is -0.643. The predicted molar refractivity (Wildman–Crippen MR) is 79.3 cm³/mol. The fourth-order valence-electron chi connectivity index (χ4n) is 3.15. The zero-order valence-electron chi connectivity index (χ0n) is 13.9. The molecule has 0 radical (unpaired) electrons. The Labute approximate surface area is 118 Å². The summed E-state index contributed by atoms with van der Waals surface area (Å²) in [6, 6.07) is 0.493. The van der Waals surface area contributed by atoms with Crippen LogP contribution in [0, 0.1) is 11.8 Å². The van der Waals surface area contributed by atoms with Gasteiger partial charge in [0.2, 0.25) is 0 Å². The molecule has 2 atom stereocenters. The van der Waals surface area contributed by atoms with Gasteiger partial charge < -0.3 is 9.64 Å². The molecule has 1 aliphatic rings. The molecule has 1 rings (SSSR count). The van der Waals surface area contributed by atoms with Gasteiger partial charge in [-0.15, -0.1) is 0 Å². The Hall–Kier alpha value is -0.410. The minimum absolute atomic E-state index is 0.0397. The first-order chi connectivity index (χ1) is 8.47. The van der Waals surface area contributed by atoms with E-state index >= 15 is 0 Å². The number of hydrogen-bond acceptors (Lipinski definition) is 3. The molecule has 0 aromatic heterocycles. The number of nitrogens with zero attached hydrogens (tertiary/aromatic N) is 1. The molecule has 0 bridgehead atoms. The summed E-state index contributed by atoms with van der Waals surface area (Å²) >= 11 is 0. The Morgan fingerprint density at radius 2 is 1.74 bits per heavy atom. The van der Waals surface area contributed by atoms with Crippen LogP contribution in [-0.4, -0.2) is 41.5 Å². The fraction of sp³-hybridized carbons (Fsp3) is 0.938. The summed E-state index contributed by atoms with van der Waals surface area (Å²) in [5.41, 5.74) is -1.01. The SMILES string of the molecule is CC(C)CC(C)N(C)CC1C(=O)C(C)(C)OC1(C)C. The van der Waals surface area contributed by atoms with Crippen LogP contribution < -0.4 is 0 Å². The smallest absolute Gasteiger partial charge is 0.171 e. The molecule has 0 saturated carbocycles. The summed E-state index contributed by atoms with van der Waals surface area (Å²) in [6.07, 6.45) is 1.15. The van der Waals surface area contributed by atoms with Crippen molar-refractivity contribution in [1.29, 1.82) is 0 Å². The lowest BCUT2D eigenvalue weighted by Gasteiger charge is -2.32. The molecule has 112 valence electrons. The normalized spacial score (nSPS) is 27.3. The van der Waals surface area contributed by atoms with Crippen molar-refractivity contribution in [2.24, 2.45) is 11.8 Å². The molecule has 0 aromatic rings. The van der Waals surface area contributed by atoms with Crippen LogP contribution in [0.5, 0.6) is 0 Å². The van der Waals surface area contributed by atoms with Gasteiger partial charge >= 0.3 is 0 Å². The lowest BCUT2D eigenvalue weighted by Crippen LogP contribution is -2.43. The first-order valence-electron chi connectivity index (χ1n) is 7.42. The van der Waals surface area contributed by atoms with Gasteiger partial charge in [-0.05, 0) is 54.0 Å². The van der Waals surface area contributed by atoms with E-state index in [4.69, 9.17) is 4.74 Å². The van der Waals surface area contributed by atoms with Crippen molar-refractivity contribution in [1.82, 2.24) is 4.90 Å². The highest BCUT2D eigenvalue weighted by molar-refractivity contribution is 5.91. The lowest BCUT2D eigenvalue weighted by molar-refractivity contribution is -0.132. The van der Waals surface area contributed by atoms with Crippen LogP contribution in [0.2, 0.25) is 0 Å². The number of hydrogen-bond donors (Lipinski definition) is 0. The van der Waals surface area contributed by atoms with Crippen LogP contribution in [0.25, 0.3) is 0 Å². The van der Waals surface area contributed by atoms with Crippen LogP contribution >= 0.6 is 0 Å².